The fourth-order valence-corrected chi connectivity index (χ4v) is 2.72. The molecule has 20 heavy (non-hydrogen) atoms. The Bertz CT molecular complexity index is 824. The third-order valence-electron chi connectivity index (χ3n) is 3.34. The lowest BCUT2D eigenvalue weighted by molar-refractivity contribution is 1.000. The number of fused-ring (bicyclic) bond motifs is 1. The summed E-state index contributed by atoms with van der Waals surface area (Å²) >= 11 is 12.5. The normalized spacial score (nSPS) is 11.2. The van der Waals surface area contributed by atoms with E-state index in [1.54, 1.807) is 0 Å². The zero-order valence-electron chi connectivity index (χ0n) is 11.3. The smallest absolute Gasteiger partial charge is 0.199 e. The van der Waals surface area contributed by atoms with Gasteiger partial charge in [-0.25, -0.2) is 4.98 Å². The van der Waals surface area contributed by atoms with Crippen molar-refractivity contribution in [2.24, 2.45) is 0 Å². The van der Waals surface area contributed by atoms with Crippen molar-refractivity contribution >= 4 is 28.8 Å². The number of benzene rings is 1. The van der Waals surface area contributed by atoms with Gasteiger partial charge in [-0.05, 0) is 38.5 Å². The molecule has 0 aliphatic carbocycles. The van der Waals surface area contributed by atoms with E-state index in [9.17, 15) is 0 Å². The van der Waals surface area contributed by atoms with Gasteiger partial charge in [-0.1, -0.05) is 29.3 Å². The van der Waals surface area contributed by atoms with Crippen LogP contribution in [0.25, 0.3) is 17.0 Å². The minimum atomic E-state index is 0.343. The van der Waals surface area contributed by atoms with Gasteiger partial charge >= 0.3 is 0 Å². The second kappa shape index (κ2) is 4.72. The molecule has 4 nitrogen and oxygen atoms in total. The van der Waals surface area contributed by atoms with Crippen LogP contribution >= 0.6 is 23.2 Å². The van der Waals surface area contributed by atoms with Crippen LogP contribution in [0.1, 0.15) is 17.0 Å². The summed E-state index contributed by atoms with van der Waals surface area (Å²) in [4.78, 5) is 4.25. The second-order valence-corrected chi connectivity index (χ2v) is 5.50. The van der Waals surface area contributed by atoms with Crippen LogP contribution in [0.15, 0.2) is 18.2 Å². The molecule has 0 bridgehead atoms. The predicted octanol–water partition coefficient (Wildman–Crippen LogP) is 4.02. The maximum atomic E-state index is 6.32. The number of hydrogen-bond donors (Lipinski definition) is 0. The minimum Gasteiger partial charge on any atom is -0.275 e. The van der Waals surface area contributed by atoms with Crippen LogP contribution in [-0.4, -0.2) is 19.6 Å². The number of halogens is 2. The molecule has 0 spiro atoms. The fourth-order valence-electron chi connectivity index (χ4n) is 2.15. The standard InChI is InChI=1S/C14H12Cl2N4/c1-7-4-5-10(11(15)6-7)13-18-19-14-12(16)17-8(2)9(3)20(13)14/h4-6H,1-3H3. The lowest BCUT2D eigenvalue weighted by Gasteiger charge is -2.08. The van der Waals surface area contributed by atoms with E-state index >= 15 is 0 Å². The van der Waals surface area contributed by atoms with E-state index in [1.165, 1.54) is 0 Å². The van der Waals surface area contributed by atoms with Gasteiger partial charge in [0, 0.05) is 11.3 Å². The van der Waals surface area contributed by atoms with Crippen LogP contribution in [-0.2, 0) is 0 Å². The van der Waals surface area contributed by atoms with Crippen molar-refractivity contribution in [3.05, 3.63) is 45.3 Å². The lowest BCUT2D eigenvalue weighted by atomic mass is 10.1. The Hall–Kier alpha value is -1.65. The molecule has 0 fully saturated rings. The summed E-state index contributed by atoms with van der Waals surface area (Å²) in [5.41, 5.74) is 4.25. The van der Waals surface area contributed by atoms with Gasteiger partial charge in [0.15, 0.2) is 16.6 Å². The molecule has 0 N–H and O–H groups in total. The summed E-state index contributed by atoms with van der Waals surface area (Å²) in [6.45, 7) is 5.86. The van der Waals surface area contributed by atoms with Crippen molar-refractivity contribution in [1.29, 1.82) is 0 Å². The molecule has 2 heterocycles. The largest absolute Gasteiger partial charge is 0.275 e. The van der Waals surface area contributed by atoms with Gasteiger partial charge in [-0.3, -0.25) is 4.40 Å². The molecule has 3 aromatic rings. The lowest BCUT2D eigenvalue weighted by Crippen LogP contribution is -2.01. The Labute approximate surface area is 126 Å². The van der Waals surface area contributed by atoms with E-state index in [2.05, 4.69) is 15.2 Å². The topological polar surface area (TPSA) is 43.1 Å². The van der Waals surface area contributed by atoms with Crippen LogP contribution in [0.3, 0.4) is 0 Å². The highest BCUT2D eigenvalue weighted by molar-refractivity contribution is 6.33. The van der Waals surface area contributed by atoms with Crippen LogP contribution in [0, 0.1) is 20.8 Å². The number of aryl methyl sites for hydroxylation is 3. The molecule has 0 aliphatic heterocycles. The van der Waals surface area contributed by atoms with E-state index in [1.807, 2.05) is 43.4 Å². The minimum absolute atomic E-state index is 0.343. The van der Waals surface area contributed by atoms with Gasteiger partial charge in [0.2, 0.25) is 0 Å². The van der Waals surface area contributed by atoms with Crippen LogP contribution in [0.4, 0.5) is 0 Å². The summed E-state index contributed by atoms with van der Waals surface area (Å²) in [5.74, 6) is 0.676. The summed E-state index contributed by atoms with van der Waals surface area (Å²) < 4.78 is 1.89. The quantitative estimate of drug-likeness (QED) is 0.682. The van der Waals surface area contributed by atoms with Gasteiger partial charge in [-0.2, -0.15) is 0 Å². The summed E-state index contributed by atoms with van der Waals surface area (Å²) in [5, 5.41) is 9.33. The molecule has 2 aromatic heterocycles. The van der Waals surface area contributed by atoms with Crippen LogP contribution in [0.5, 0.6) is 0 Å². The third kappa shape index (κ3) is 1.96. The molecule has 0 radical (unpaired) electrons. The Balaban J connectivity index is 2.38. The van der Waals surface area contributed by atoms with Gasteiger partial charge in [-0.15, -0.1) is 10.2 Å². The van der Waals surface area contributed by atoms with Gasteiger partial charge < -0.3 is 0 Å². The molecule has 0 saturated carbocycles. The van der Waals surface area contributed by atoms with Gasteiger partial charge in [0.1, 0.15) is 0 Å². The molecule has 0 aliphatic rings. The first kappa shape index (κ1) is 13.3. The first-order valence-electron chi connectivity index (χ1n) is 6.13. The number of aromatic nitrogens is 4. The number of rotatable bonds is 1. The molecule has 0 amide bonds. The van der Waals surface area contributed by atoms with Crippen molar-refractivity contribution in [3.8, 4) is 11.4 Å². The Morgan fingerprint density at radius 1 is 1.05 bits per heavy atom. The zero-order valence-corrected chi connectivity index (χ0v) is 12.8. The van der Waals surface area contributed by atoms with E-state index < -0.39 is 0 Å². The summed E-state index contributed by atoms with van der Waals surface area (Å²) in [6.07, 6.45) is 0. The molecular formula is C14H12Cl2N4. The molecule has 6 heteroatoms. The van der Waals surface area contributed by atoms with E-state index in [0.717, 1.165) is 22.5 Å². The van der Waals surface area contributed by atoms with Crippen LogP contribution in [0.2, 0.25) is 10.2 Å². The monoisotopic (exact) mass is 306 g/mol. The van der Waals surface area contributed by atoms with Gasteiger partial charge in [0.25, 0.3) is 0 Å². The molecular weight excluding hydrogens is 295 g/mol. The average Bonchev–Trinajstić information content (AvgIpc) is 2.81. The predicted molar refractivity (Wildman–Crippen MR) is 80.4 cm³/mol. The van der Waals surface area contributed by atoms with Gasteiger partial charge in [0.05, 0.1) is 10.7 Å². The Morgan fingerprint density at radius 3 is 2.50 bits per heavy atom. The number of hydrogen-bond acceptors (Lipinski definition) is 3. The SMILES string of the molecule is Cc1ccc(-c2nnc3c(Cl)nc(C)c(C)n23)c(Cl)c1. The maximum Gasteiger partial charge on any atom is 0.199 e. The van der Waals surface area contributed by atoms with Crippen molar-refractivity contribution in [1.82, 2.24) is 19.6 Å². The summed E-state index contributed by atoms with van der Waals surface area (Å²) in [7, 11) is 0. The first-order valence-corrected chi connectivity index (χ1v) is 6.89. The van der Waals surface area contributed by atoms with E-state index in [-0.39, 0.29) is 0 Å². The zero-order chi connectivity index (χ0) is 14.4. The molecule has 0 atom stereocenters. The Morgan fingerprint density at radius 2 is 1.80 bits per heavy atom. The highest BCUT2D eigenvalue weighted by Crippen LogP contribution is 2.30. The first-order chi connectivity index (χ1) is 9.49. The van der Waals surface area contributed by atoms with Crippen molar-refractivity contribution < 1.29 is 0 Å². The molecule has 1 aromatic carbocycles. The maximum absolute atomic E-state index is 6.32. The molecule has 102 valence electrons. The highest BCUT2D eigenvalue weighted by Gasteiger charge is 2.17. The molecule has 3 rings (SSSR count). The third-order valence-corrected chi connectivity index (χ3v) is 3.90. The van der Waals surface area contributed by atoms with Crippen LogP contribution < -0.4 is 0 Å². The second-order valence-electron chi connectivity index (χ2n) is 4.74. The Kier molecular flexibility index (Phi) is 3.15. The van der Waals surface area contributed by atoms with Crippen molar-refractivity contribution in [2.75, 3.05) is 0 Å². The van der Waals surface area contributed by atoms with E-state index in [4.69, 9.17) is 23.2 Å². The molecule has 0 saturated heterocycles. The van der Waals surface area contributed by atoms with E-state index in [0.29, 0.717) is 21.6 Å². The van der Waals surface area contributed by atoms with Crippen molar-refractivity contribution in [3.63, 3.8) is 0 Å². The fraction of sp³-hybridized carbons (Fsp3) is 0.214. The summed E-state index contributed by atoms with van der Waals surface area (Å²) in [6, 6.07) is 5.84. The average molecular weight is 307 g/mol. The number of nitrogens with zero attached hydrogens (tertiary/aromatic N) is 4. The van der Waals surface area contributed by atoms with Crippen molar-refractivity contribution in [2.45, 2.75) is 20.8 Å². The molecule has 0 unspecified atom stereocenters. The highest BCUT2D eigenvalue weighted by atomic mass is 35.5.